The zero-order valence-electron chi connectivity index (χ0n) is 15.1. The van der Waals surface area contributed by atoms with Crippen LogP contribution in [0.1, 0.15) is 78.6 Å². The number of carbonyl (C=O) groups is 1. The van der Waals surface area contributed by atoms with Crippen molar-refractivity contribution < 1.29 is 14.3 Å². The number of methoxy groups -OCH3 is 1. The van der Waals surface area contributed by atoms with Crippen molar-refractivity contribution in [3.05, 3.63) is 0 Å². The Kier molecular flexibility index (Phi) is 9.77. The molecule has 0 saturated heterocycles. The van der Waals surface area contributed by atoms with Gasteiger partial charge in [-0.05, 0) is 37.5 Å². The van der Waals surface area contributed by atoms with Crippen molar-refractivity contribution in [1.29, 1.82) is 0 Å². The lowest BCUT2D eigenvalue weighted by Crippen LogP contribution is -2.25. The fourth-order valence-corrected chi connectivity index (χ4v) is 3.49. The van der Waals surface area contributed by atoms with Gasteiger partial charge in [-0.3, -0.25) is 4.79 Å². The van der Waals surface area contributed by atoms with E-state index >= 15 is 0 Å². The van der Waals surface area contributed by atoms with Gasteiger partial charge in [-0.15, -0.1) is 0 Å². The third kappa shape index (κ3) is 7.62. The summed E-state index contributed by atoms with van der Waals surface area (Å²) >= 11 is 0. The number of carbonyl (C=O) groups excluding carboxylic acids is 1. The second kappa shape index (κ2) is 11.0. The minimum Gasteiger partial charge on any atom is -0.465 e. The standard InChI is InChI=1S/C19H36O3/c1-5-6-7-9-16(3)19(20)22-14-15(2)12-17-10-8-11-18(13-17)21-4/h15-18H,5-14H2,1-4H3. The molecule has 3 nitrogen and oxygen atoms in total. The topological polar surface area (TPSA) is 35.5 Å². The third-order valence-corrected chi connectivity index (χ3v) is 4.96. The summed E-state index contributed by atoms with van der Waals surface area (Å²) in [5.74, 6) is 1.22. The van der Waals surface area contributed by atoms with E-state index in [1.165, 1.54) is 38.5 Å². The number of hydrogen-bond donors (Lipinski definition) is 0. The second-order valence-corrected chi connectivity index (χ2v) is 7.26. The van der Waals surface area contributed by atoms with Gasteiger partial charge in [0.25, 0.3) is 0 Å². The van der Waals surface area contributed by atoms with Crippen LogP contribution in [0.25, 0.3) is 0 Å². The van der Waals surface area contributed by atoms with Gasteiger partial charge in [0, 0.05) is 7.11 Å². The summed E-state index contributed by atoms with van der Waals surface area (Å²) in [4.78, 5) is 12.0. The molecule has 130 valence electrons. The maximum Gasteiger partial charge on any atom is 0.308 e. The molecule has 22 heavy (non-hydrogen) atoms. The summed E-state index contributed by atoms with van der Waals surface area (Å²) in [5, 5.41) is 0. The molecule has 0 amide bonds. The van der Waals surface area contributed by atoms with Gasteiger partial charge in [0.15, 0.2) is 0 Å². The Labute approximate surface area is 137 Å². The van der Waals surface area contributed by atoms with E-state index in [0.29, 0.717) is 18.6 Å². The maximum absolute atomic E-state index is 12.0. The molecule has 1 rings (SSSR count). The van der Waals surface area contributed by atoms with Gasteiger partial charge < -0.3 is 9.47 Å². The van der Waals surface area contributed by atoms with E-state index < -0.39 is 0 Å². The second-order valence-electron chi connectivity index (χ2n) is 7.26. The van der Waals surface area contributed by atoms with Crippen LogP contribution in [0, 0.1) is 17.8 Å². The van der Waals surface area contributed by atoms with Crippen LogP contribution in [0.4, 0.5) is 0 Å². The van der Waals surface area contributed by atoms with Gasteiger partial charge in [-0.2, -0.15) is 0 Å². The molecule has 0 aromatic carbocycles. The van der Waals surface area contributed by atoms with Crippen molar-refractivity contribution in [2.24, 2.45) is 17.8 Å². The van der Waals surface area contributed by atoms with Crippen LogP contribution in [0.3, 0.4) is 0 Å². The van der Waals surface area contributed by atoms with Crippen LogP contribution in [0.5, 0.6) is 0 Å². The molecule has 4 atom stereocenters. The van der Waals surface area contributed by atoms with Gasteiger partial charge in [0.1, 0.15) is 0 Å². The molecule has 0 aliphatic heterocycles. The zero-order valence-corrected chi connectivity index (χ0v) is 15.1. The Bertz CT molecular complexity index is 303. The van der Waals surface area contributed by atoms with E-state index in [2.05, 4.69) is 13.8 Å². The van der Waals surface area contributed by atoms with Crippen LogP contribution < -0.4 is 0 Å². The monoisotopic (exact) mass is 312 g/mol. The predicted molar refractivity (Wildman–Crippen MR) is 90.8 cm³/mol. The first kappa shape index (κ1) is 19.5. The molecule has 0 radical (unpaired) electrons. The van der Waals surface area contributed by atoms with Gasteiger partial charge >= 0.3 is 5.97 Å². The molecule has 3 heteroatoms. The minimum absolute atomic E-state index is 0.0126. The van der Waals surface area contributed by atoms with Crippen LogP contribution in [-0.2, 0) is 14.3 Å². The highest BCUT2D eigenvalue weighted by atomic mass is 16.5. The predicted octanol–water partition coefficient (Wildman–Crippen LogP) is 4.98. The Morgan fingerprint density at radius 1 is 1.23 bits per heavy atom. The van der Waals surface area contributed by atoms with Crippen molar-refractivity contribution >= 4 is 5.97 Å². The first-order valence-corrected chi connectivity index (χ1v) is 9.26. The molecule has 0 spiro atoms. The molecule has 0 N–H and O–H groups in total. The largest absolute Gasteiger partial charge is 0.465 e. The number of hydrogen-bond acceptors (Lipinski definition) is 3. The van der Waals surface area contributed by atoms with Crippen molar-refractivity contribution in [3.8, 4) is 0 Å². The molecule has 1 saturated carbocycles. The van der Waals surface area contributed by atoms with Crippen LogP contribution in [-0.4, -0.2) is 25.8 Å². The van der Waals surface area contributed by atoms with Gasteiger partial charge in [0.05, 0.1) is 18.6 Å². The fraction of sp³-hybridized carbons (Fsp3) is 0.947. The van der Waals surface area contributed by atoms with Crippen LogP contribution >= 0.6 is 0 Å². The first-order chi connectivity index (χ1) is 10.6. The van der Waals surface area contributed by atoms with E-state index in [9.17, 15) is 4.79 Å². The molecule has 1 aliphatic rings. The quantitative estimate of drug-likeness (QED) is 0.421. The normalized spacial score (nSPS) is 24.7. The Balaban J connectivity index is 2.18. The molecular formula is C19H36O3. The Morgan fingerprint density at radius 2 is 2.00 bits per heavy atom. The fourth-order valence-electron chi connectivity index (χ4n) is 3.49. The molecule has 1 aliphatic carbocycles. The van der Waals surface area contributed by atoms with Crippen molar-refractivity contribution in [2.45, 2.75) is 84.7 Å². The Morgan fingerprint density at radius 3 is 2.68 bits per heavy atom. The van der Waals surface area contributed by atoms with E-state index in [0.717, 1.165) is 25.2 Å². The molecule has 0 aromatic heterocycles. The number of esters is 1. The van der Waals surface area contributed by atoms with Crippen molar-refractivity contribution in [3.63, 3.8) is 0 Å². The van der Waals surface area contributed by atoms with Gasteiger partial charge in [-0.25, -0.2) is 0 Å². The summed E-state index contributed by atoms with van der Waals surface area (Å²) in [5.41, 5.74) is 0. The highest BCUT2D eigenvalue weighted by molar-refractivity contribution is 5.71. The zero-order chi connectivity index (χ0) is 16.4. The molecular weight excluding hydrogens is 276 g/mol. The maximum atomic E-state index is 12.0. The SMILES string of the molecule is CCCCCC(C)C(=O)OCC(C)CC1CCCC(OC)C1. The summed E-state index contributed by atoms with van der Waals surface area (Å²) in [7, 11) is 1.82. The van der Waals surface area contributed by atoms with Crippen molar-refractivity contribution in [1.82, 2.24) is 0 Å². The number of unbranched alkanes of at least 4 members (excludes halogenated alkanes) is 2. The highest BCUT2D eigenvalue weighted by Crippen LogP contribution is 2.30. The van der Waals surface area contributed by atoms with Crippen LogP contribution in [0.15, 0.2) is 0 Å². The molecule has 0 heterocycles. The van der Waals surface area contributed by atoms with Crippen LogP contribution in [0.2, 0.25) is 0 Å². The average molecular weight is 312 g/mol. The molecule has 0 bridgehead atoms. The first-order valence-electron chi connectivity index (χ1n) is 9.26. The van der Waals surface area contributed by atoms with E-state index in [-0.39, 0.29) is 11.9 Å². The lowest BCUT2D eigenvalue weighted by atomic mass is 9.82. The molecule has 4 unspecified atom stereocenters. The van der Waals surface area contributed by atoms with Gasteiger partial charge in [-0.1, -0.05) is 52.9 Å². The van der Waals surface area contributed by atoms with E-state index in [1.54, 1.807) is 0 Å². The summed E-state index contributed by atoms with van der Waals surface area (Å²) in [6.45, 7) is 6.95. The summed E-state index contributed by atoms with van der Waals surface area (Å²) in [6.07, 6.45) is 11.0. The smallest absolute Gasteiger partial charge is 0.308 e. The van der Waals surface area contributed by atoms with E-state index in [4.69, 9.17) is 9.47 Å². The number of ether oxygens (including phenoxy) is 2. The van der Waals surface area contributed by atoms with E-state index in [1.807, 2.05) is 14.0 Å². The van der Waals surface area contributed by atoms with Gasteiger partial charge in [0.2, 0.25) is 0 Å². The van der Waals surface area contributed by atoms with Crippen molar-refractivity contribution in [2.75, 3.05) is 13.7 Å². The molecule has 0 aromatic rings. The minimum atomic E-state index is -0.0126. The number of rotatable bonds is 10. The summed E-state index contributed by atoms with van der Waals surface area (Å²) < 4.78 is 11.0. The lowest BCUT2D eigenvalue weighted by molar-refractivity contribution is -0.149. The Hall–Kier alpha value is -0.570. The lowest BCUT2D eigenvalue weighted by Gasteiger charge is -2.29. The highest BCUT2D eigenvalue weighted by Gasteiger charge is 2.24. The molecule has 1 fully saturated rings. The third-order valence-electron chi connectivity index (χ3n) is 4.96. The summed E-state index contributed by atoms with van der Waals surface area (Å²) in [6, 6.07) is 0. The average Bonchev–Trinajstić information content (AvgIpc) is 2.52.